The lowest BCUT2D eigenvalue weighted by atomic mass is 10.1. The minimum absolute atomic E-state index is 0.0393. The fraction of sp³-hybridized carbons (Fsp3) is 0.115. The molecule has 1 aliphatic heterocycles. The van der Waals surface area contributed by atoms with Gasteiger partial charge in [-0.05, 0) is 63.5 Å². The zero-order valence-electron chi connectivity index (χ0n) is 19.0. The van der Waals surface area contributed by atoms with E-state index in [9.17, 15) is 18.8 Å². The molecule has 3 aromatic rings. The number of benzene rings is 3. The van der Waals surface area contributed by atoms with Gasteiger partial charge in [-0.2, -0.15) is 0 Å². The van der Waals surface area contributed by atoms with Gasteiger partial charge in [0.05, 0.1) is 23.7 Å². The number of urea groups is 1. The fourth-order valence-electron chi connectivity index (χ4n) is 3.54. The van der Waals surface area contributed by atoms with E-state index in [4.69, 9.17) is 14.6 Å². The second-order valence-electron chi connectivity index (χ2n) is 7.80. The molecule has 3 aromatic carbocycles. The van der Waals surface area contributed by atoms with Crippen LogP contribution in [0.2, 0.25) is 0 Å². The maximum absolute atomic E-state index is 14.0. The number of carboxylic acids is 1. The highest BCUT2D eigenvalue weighted by Crippen LogP contribution is 2.38. The lowest BCUT2D eigenvalue weighted by Gasteiger charge is -2.14. The Morgan fingerprint density at radius 2 is 1.86 bits per heavy atom. The van der Waals surface area contributed by atoms with Crippen LogP contribution in [0.15, 0.2) is 70.8 Å². The third-order valence-electron chi connectivity index (χ3n) is 5.40. The Kier molecular flexibility index (Phi) is 7.35. The van der Waals surface area contributed by atoms with Gasteiger partial charge in [0.15, 0.2) is 11.5 Å². The van der Waals surface area contributed by atoms with E-state index < -0.39 is 23.7 Å². The van der Waals surface area contributed by atoms with Gasteiger partial charge in [-0.3, -0.25) is 9.69 Å². The topological polar surface area (TPSA) is 105 Å². The molecule has 1 aliphatic rings. The van der Waals surface area contributed by atoms with Gasteiger partial charge in [0.1, 0.15) is 18.1 Å². The van der Waals surface area contributed by atoms with Crippen molar-refractivity contribution in [2.75, 3.05) is 7.11 Å². The van der Waals surface area contributed by atoms with Crippen LogP contribution in [0.3, 0.4) is 0 Å². The summed E-state index contributed by atoms with van der Waals surface area (Å²) < 4.78 is 25.9. The number of carbonyl (C=O) groups excluding carboxylic acids is 2. The van der Waals surface area contributed by atoms with Crippen molar-refractivity contribution in [1.29, 1.82) is 0 Å². The SMILES string of the molecule is COc1cc(/C=C2/NC(=O)N(Cc3ccccc3F)C2=O)cc(Br)c1OCc1ccc(C(=O)O)cc1. The summed E-state index contributed by atoms with van der Waals surface area (Å²) in [6.45, 7) is -0.0310. The second-order valence-corrected chi connectivity index (χ2v) is 8.65. The Hall–Kier alpha value is -4.18. The number of nitrogens with one attached hydrogen (secondary N) is 1. The van der Waals surface area contributed by atoms with Gasteiger partial charge in [0.25, 0.3) is 5.91 Å². The molecule has 0 atom stereocenters. The van der Waals surface area contributed by atoms with Crippen molar-refractivity contribution < 1.29 is 33.4 Å². The number of hydrogen-bond donors (Lipinski definition) is 2. The molecule has 1 saturated heterocycles. The first-order valence-electron chi connectivity index (χ1n) is 10.7. The number of hydrogen-bond acceptors (Lipinski definition) is 5. The van der Waals surface area contributed by atoms with E-state index in [0.29, 0.717) is 21.5 Å². The lowest BCUT2D eigenvalue weighted by molar-refractivity contribution is -0.123. The van der Waals surface area contributed by atoms with Gasteiger partial charge in [0, 0.05) is 5.56 Å². The number of halogens is 2. The zero-order valence-corrected chi connectivity index (χ0v) is 20.5. The maximum Gasteiger partial charge on any atom is 0.335 e. The van der Waals surface area contributed by atoms with E-state index in [0.717, 1.165) is 10.5 Å². The summed E-state index contributed by atoms with van der Waals surface area (Å²) in [5.74, 6) is -1.31. The zero-order chi connectivity index (χ0) is 25.8. The number of ether oxygens (including phenoxy) is 2. The molecule has 10 heteroatoms. The summed E-state index contributed by atoms with van der Waals surface area (Å²) in [6.07, 6.45) is 1.49. The Labute approximate surface area is 214 Å². The molecule has 1 heterocycles. The number of amides is 3. The molecule has 36 heavy (non-hydrogen) atoms. The van der Waals surface area contributed by atoms with Crippen LogP contribution in [0, 0.1) is 5.82 Å². The van der Waals surface area contributed by atoms with Crippen molar-refractivity contribution in [2.24, 2.45) is 0 Å². The number of nitrogens with zero attached hydrogens (tertiary/aromatic N) is 1. The molecule has 0 spiro atoms. The molecule has 3 amide bonds. The van der Waals surface area contributed by atoms with E-state index >= 15 is 0 Å². The summed E-state index contributed by atoms with van der Waals surface area (Å²) in [7, 11) is 1.46. The van der Waals surface area contributed by atoms with Gasteiger partial charge < -0.3 is 19.9 Å². The molecule has 0 saturated carbocycles. The third kappa shape index (κ3) is 5.38. The summed E-state index contributed by atoms with van der Waals surface area (Å²) in [4.78, 5) is 37.1. The van der Waals surface area contributed by atoms with E-state index in [1.54, 1.807) is 30.3 Å². The summed E-state index contributed by atoms with van der Waals surface area (Å²) in [6, 6.07) is 14.9. The molecule has 0 unspecified atom stereocenters. The van der Waals surface area contributed by atoms with Crippen molar-refractivity contribution in [3.63, 3.8) is 0 Å². The van der Waals surface area contributed by atoms with Crippen LogP contribution in [0.5, 0.6) is 11.5 Å². The summed E-state index contributed by atoms with van der Waals surface area (Å²) in [5, 5.41) is 11.5. The van der Waals surface area contributed by atoms with Gasteiger partial charge in [0.2, 0.25) is 0 Å². The molecule has 0 bridgehead atoms. The average molecular weight is 555 g/mol. The van der Waals surface area contributed by atoms with Crippen LogP contribution in [-0.2, 0) is 17.9 Å². The van der Waals surface area contributed by atoms with Crippen molar-refractivity contribution in [3.8, 4) is 11.5 Å². The molecular formula is C26H20BrFN2O6. The Morgan fingerprint density at radius 1 is 1.14 bits per heavy atom. The summed E-state index contributed by atoms with van der Waals surface area (Å²) in [5.41, 5.74) is 1.75. The Morgan fingerprint density at radius 3 is 2.53 bits per heavy atom. The molecule has 2 N–H and O–H groups in total. The van der Waals surface area contributed by atoms with Crippen molar-refractivity contribution in [2.45, 2.75) is 13.2 Å². The predicted octanol–water partition coefficient (Wildman–Crippen LogP) is 4.97. The quantitative estimate of drug-likeness (QED) is 0.301. The Bertz CT molecular complexity index is 1370. The molecule has 0 radical (unpaired) electrons. The van der Waals surface area contributed by atoms with Crippen LogP contribution < -0.4 is 14.8 Å². The number of methoxy groups -OCH3 is 1. The molecule has 184 valence electrons. The first kappa shape index (κ1) is 24.9. The molecule has 0 aliphatic carbocycles. The van der Waals surface area contributed by atoms with Crippen LogP contribution in [0.1, 0.15) is 27.0 Å². The largest absolute Gasteiger partial charge is 0.493 e. The molecule has 4 rings (SSSR count). The smallest absolute Gasteiger partial charge is 0.335 e. The molecule has 1 fully saturated rings. The highest BCUT2D eigenvalue weighted by atomic mass is 79.9. The van der Waals surface area contributed by atoms with Crippen molar-refractivity contribution >= 4 is 39.9 Å². The van der Waals surface area contributed by atoms with E-state index in [1.807, 2.05) is 0 Å². The summed E-state index contributed by atoms with van der Waals surface area (Å²) >= 11 is 3.45. The van der Waals surface area contributed by atoms with E-state index in [1.165, 1.54) is 43.5 Å². The average Bonchev–Trinajstić information content (AvgIpc) is 3.11. The van der Waals surface area contributed by atoms with Crippen molar-refractivity contribution in [1.82, 2.24) is 10.2 Å². The predicted molar refractivity (Wildman–Crippen MR) is 132 cm³/mol. The van der Waals surface area contributed by atoms with E-state index in [-0.39, 0.29) is 30.0 Å². The van der Waals surface area contributed by atoms with Gasteiger partial charge in [-0.15, -0.1) is 0 Å². The third-order valence-corrected chi connectivity index (χ3v) is 5.98. The van der Waals surface area contributed by atoms with Gasteiger partial charge in [-0.1, -0.05) is 30.3 Å². The fourth-order valence-corrected chi connectivity index (χ4v) is 4.12. The minimum atomic E-state index is -1.01. The molecular weight excluding hydrogens is 535 g/mol. The second kappa shape index (κ2) is 10.6. The maximum atomic E-state index is 14.0. The number of aromatic carboxylic acids is 1. The number of carbonyl (C=O) groups is 3. The monoisotopic (exact) mass is 554 g/mol. The standard InChI is InChI=1S/C26H20BrFN2O6/c1-35-22-12-16(10-19(27)23(22)36-14-15-6-8-17(9-7-15)25(32)33)11-21-24(31)30(26(34)29-21)13-18-4-2-3-5-20(18)28/h2-12H,13-14H2,1H3,(H,29,34)(H,32,33)/b21-11+. The van der Waals surface area contributed by atoms with Crippen molar-refractivity contribution in [3.05, 3.63) is 98.9 Å². The highest BCUT2D eigenvalue weighted by Gasteiger charge is 2.34. The minimum Gasteiger partial charge on any atom is -0.493 e. The number of imide groups is 1. The normalized spacial score (nSPS) is 14.2. The van der Waals surface area contributed by atoms with Crippen LogP contribution >= 0.6 is 15.9 Å². The number of rotatable bonds is 8. The molecule has 0 aromatic heterocycles. The van der Waals surface area contributed by atoms with E-state index in [2.05, 4.69) is 21.2 Å². The van der Waals surface area contributed by atoms with Crippen LogP contribution in [0.4, 0.5) is 9.18 Å². The molecule has 8 nitrogen and oxygen atoms in total. The Balaban J connectivity index is 1.51. The first-order chi connectivity index (χ1) is 17.3. The first-order valence-corrected chi connectivity index (χ1v) is 11.5. The van der Waals surface area contributed by atoms with Crippen LogP contribution in [0.25, 0.3) is 6.08 Å². The number of carboxylic acid groups (broad SMARTS) is 1. The van der Waals surface area contributed by atoms with Crippen LogP contribution in [-0.4, -0.2) is 35.0 Å². The lowest BCUT2D eigenvalue weighted by Crippen LogP contribution is -2.30. The van der Waals surface area contributed by atoms with Gasteiger partial charge >= 0.3 is 12.0 Å². The highest BCUT2D eigenvalue weighted by molar-refractivity contribution is 9.10. The van der Waals surface area contributed by atoms with Gasteiger partial charge in [-0.25, -0.2) is 14.0 Å².